The number of carboxylic acids is 1. The van der Waals surface area contributed by atoms with Crippen molar-refractivity contribution in [1.82, 2.24) is 0 Å². The molecule has 1 aromatic rings. The van der Waals surface area contributed by atoms with Gasteiger partial charge in [-0.2, -0.15) is 0 Å². The van der Waals surface area contributed by atoms with Gasteiger partial charge in [0, 0.05) is 13.0 Å². The molecule has 0 fully saturated rings. The molecule has 21 heavy (non-hydrogen) atoms. The SMILES string of the molecule is O=C(O)CCCCCN1C(=O)C(=O)c2c(Cl)ccc(F)c21. The summed E-state index contributed by atoms with van der Waals surface area (Å²) in [5, 5.41) is 8.58. The Morgan fingerprint density at radius 1 is 1.24 bits per heavy atom. The fourth-order valence-electron chi connectivity index (χ4n) is 2.29. The summed E-state index contributed by atoms with van der Waals surface area (Å²) in [6, 6.07) is 2.36. The second-order valence-corrected chi connectivity index (χ2v) is 5.15. The van der Waals surface area contributed by atoms with Gasteiger partial charge in [-0.1, -0.05) is 18.0 Å². The highest BCUT2D eigenvalue weighted by Gasteiger charge is 2.39. The number of benzene rings is 1. The van der Waals surface area contributed by atoms with E-state index in [9.17, 15) is 18.8 Å². The molecule has 0 unspecified atom stereocenters. The molecule has 0 spiro atoms. The number of carboxylic acid groups (broad SMARTS) is 1. The highest BCUT2D eigenvalue weighted by molar-refractivity contribution is 6.55. The van der Waals surface area contributed by atoms with Gasteiger partial charge >= 0.3 is 5.97 Å². The average Bonchev–Trinajstić information content (AvgIpc) is 2.68. The molecule has 0 saturated heterocycles. The third kappa shape index (κ3) is 3.05. The minimum Gasteiger partial charge on any atom is -0.481 e. The van der Waals surface area contributed by atoms with Gasteiger partial charge in [0.15, 0.2) is 0 Å². The van der Waals surface area contributed by atoms with Crippen molar-refractivity contribution >= 4 is 34.9 Å². The molecule has 1 amide bonds. The van der Waals surface area contributed by atoms with Crippen molar-refractivity contribution in [2.24, 2.45) is 0 Å². The quantitative estimate of drug-likeness (QED) is 0.647. The molecule has 112 valence electrons. The molecule has 0 atom stereocenters. The van der Waals surface area contributed by atoms with E-state index < -0.39 is 23.5 Å². The van der Waals surface area contributed by atoms with Gasteiger partial charge in [0.1, 0.15) is 5.82 Å². The maximum atomic E-state index is 13.9. The predicted octanol–water partition coefficient (Wildman–Crippen LogP) is 2.65. The van der Waals surface area contributed by atoms with Crippen molar-refractivity contribution in [3.63, 3.8) is 0 Å². The molecule has 0 aromatic heterocycles. The number of hydrogen-bond donors (Lipinski definition) is 1. The van der Waals surface area contributed by atoms with Crippen LogP contribution in [-0.4, -0.2) is 29.3 Å². The van der Waals surface area contributed by atoms with Gasteiger partial charge in [-0.15, -0.1) is 0 Å². The van der Waals surface area contributed by atoms with Crippen molar-refractivity contribution in [1.29, 1.82) is 0 Å². The topological polar surface area (TPSA) is 74.7 Å². The summed E-state index contributed by atoms with van der Waals surface area (Å²) in [6.45, 7) is 0.161. The third-order valence-electron chi connectivity index (χ3n) is 3.29. The Hall–Kier alpha value is -1.95. The fourth-order valence-corrected chi connectivity index (χ4v) is 2.53. The zero-order chi connectivity index (χ0) is 15.6. The van der Waals surface area contributed by atoms with Gasteiger partial charge in [-0.05, 0) is 25.0 Å². The smallest absolute Gasteiger partial charge is 0.303 e. The minimum atomic E-state index is -0.884. The van der Waals surface area contributed by atoms with E-state index >= 15 is 0 Å². The third-order valence-corrected chi connectivity index (χ3v) is 3.60. The molecule has 1 N–H and O–H groups in total. The van der Waals surface area contributed by atoms with E-state index in [2.05, 4.69) is 0 Å². The van der Waals surface area contributed by atoms with Crippen LogP contribution in [0.5, 0.6) is 0 Å². The van der Waals surface area contributed by atoms with Crippen LogP contribution in [0.2, 0.25) is 5.02 Å². The Morgan fingerprint density at radius 2 is 1.95 bits per heavy atom. The first-order chi connectivity index (χ1) is 9.93. The number of hydrogen-bond acceptors (Lipinski definition) is 3. The minimum absolute atomic E-state index is 0.0453. The average molecular weight is 314 g/mol. The first-order valence-corrected chi connectivity index (χ1v) is 6.87. The van der Waals surface area contributed by atoms with E-state index in [1.807, 2.05) is 0 Å². The van der Waals surface area contributed by atoms with Gasteiger partial charge in [0.25, 0.3) is 11.7 Å². The number of amides is 1. The largest absolute Gasteiger partial charge is 0.481 e. The second-order valence-electron chi connectivity index (χ2n) is 4.74. The first-order valence-electron chi connectivity index (χ1n) is 6.49. The Kier molecular flexibility index (Phi) is 4.57. The molecular weight excluding hydrogens is 301 g/mol. The summed E-state index contributed by atoms with van der Waals surface area (Å²) in [5.41, 5.74) is -0.164. The van der Waals surface area contributed by atoms with E-state index in [0.717, 1.165) is 11.0 Å². The van der Waals surface area contributed by atoms with E-state index in [-0.39, 0.29) is 29.2 Å². The molecule has 5 nitrogen and oxygen atoms in total. The number of fused-ring (bicyclic) bond motifs is 1. The molecule has 1 heterocycles. The lowest BCUT2D eigenvalue weighted by atomic mass is 10.1. The first kappa shape index (κ1) is 15.4. The fraction of sp³-hybridized carbons (Fsp3) is 0.357. The van der Waals surface area contributed by atoms with Crippen LogP contribution in [0, 0.1) is 5.82 Å². The zero-order valence-electron chi connectivity index (χ0n) is 11.1. The van der Waals surface area contributed by atoms with Gasteiger partial charge in [0.2, 0.25) is 0 Å². The van der Waals surface area contributed by atoms with Crippen molar-refractivity contribution in [3.05, 3.63) is 28.5 Å². The number of rotatable bonds is 6. The molecule has 0 radical (unpaired) electrons. The van der Waals surface area contributed by atoms with Crippen LogP contribution < -0.4 is 4.90 Å². The van der Waals surface area contributed by atoms with Crippen LogP contribution in [0.1, 0.15) is 36.0 Å². The molecule has 1 aliphatic heterocycles. The predicted molar refractivity (Wildman–Crippen MR) is 74.2 cm³/mol. The molecule has 1 aliphatic rings. The van der Waals surface area contributed by atoms with Gasteiger partial charge in [0.05, 0.1) is 16.3 Å². The normalized spacial score (nSPS) is 13.7. The maximum absolute atomic E-state index is 13.9. The number of carbonyl (C=O) groups is 3. The number of unbranched alkanes of at least 4 members (excludes halogenated alkanes) is 2. The van der Waals surface area contributed by atoms with Crippen molar-refractivity contribution < 1.29 is 23.9 Å². The maximum Gasteiger partial charge on any atom is 0.303 e. The Labute approximate surface area is 125 Å². The van der Waals surface area contributed by atoms with E-state index in [1.165, 1.54) is 6.07 Å². The zero-order valence-corrected chi connectivity index (χ0v) is 11.8. The molecule has 0 aliphatic carbocycles. The summed E-state index contributed by atoms with van der Waals surface area (Å²) in [5.74, 6) is -3.15. The highest BCUT2D eigenvalue weighted by atomic mass is 35.5. The van der Waals surface area contributed by atoms with Gasteiger partial charge in [-0.3, -0.25) is 14.4 Å². The van der Waals surface area contributed by atoms with Crippen molar-refractivity contribution in [3.8, 4) is 0 Å². The number of nitrogens with zero attached hydrogens (tertiary/aromatic N) is 1. The lowest BCUT2D eigenvalue weighted by Crippen LogP contribution is -2.31. The number of halogens is 2. The number of carbonyl (C=O) groups excluding carboxylic acids is 2. The van der Waals surface area contributed by atoms with E-state index in [1.54, 1.807) is 0 Å². The summed E-state index contributed by atoms with van der Waals surface area (Å²) in [6.07, 6.45) is 1.57. The van der Waals surface area contributed by atoms with Crippen LogP contribution in [0.25, 0.3) is 0 Å². The van der Waals surface area contributed by atoms with Gasteiger partial charge in [-0.25, -0.2) is 4.39 Å². The summed E-state index contributed by atoms with van der Waals surface area (Å²) >= 11 is 5.85. The molecular formula is C14H13ClFNO4. The molecule has 1 aromatic carbocycles. The summed E-state index contributed by atoms with van der Waals surface area (Å²) < 4.78 is 13.9. The number of anilines is 1. The molecule has 0 bridgehead atoms. The molecule has 0 saturated carbocycles. The lowest BCUT2D eigenvalue weighted by molar-refractivity contribution is -0.137. The summed E-state index contributed by atoms with van der Waals surface area (Å²) in [7, 11) is 0. The Morgan fingerprint density at radius 3 is 2.62 bits per heavy atom. The van der Waals surface area contributed by atoms with Crippen LogP contribution in [0.3, 0.4) is 0 Å². The number of aliphatic carboxylic acids is 1. The Bertz CT molecular complexity index is 617. The molecule has 7 heteroatoms. The number of ketones is 1. The van der Waals surface area contributed by atoms with Crippen LogP contribution in [0.4, 0.5) is 10.1 Å². The van der Waals surface area contributed by atoms with Crippen LogP contribution >= 0.6 is 11.6 Å². The molecule has 2 rings (SSSR count). The summed E-state index contributed by atoms with van der Waals surface area (Å²) in [4.78, 5) is 35.2. The lowest BCUT2D eigenvalue weighted by Gasteiger charge is -2.16. The van der Waals surface area contributed by atoms with E-state index in [0.29, 0.717) is 19.3 Å². The van der Waals surface area contributed by atoms with Crippen LogP contribution in [0.15, 0.2) is 12.1 Å². The monoisotopic (exact) mass is 313 g/mol. The van der Waals surface area contributed by atoms with Crippen LogP contribution in [-0.2, 0) is 9.59 Å². The van der Waals surface area contributed by atoms with Crippen molar-refractivity contribution in [2.45, 2.75) is 25.7 Å². The Balaban J connectivity index is 2.09. The van der Waals surface area contributed by atoms with E-state index in [4.69, 9.17) is 16.7 Å². The van der Waals surface area contributed by atoms with Crippen molar-refractivity contribution in [2.75, 3.05) is 11.4 Å². The standard InChI is InChI=1S/C14H13ClFNO4/c15-8-5-6-9(16)12-11(8)13(20)14(21)17(12)7-3-1-2-4-10(18)19/h5-6H,1-4,7H2,(H,18,19). The highest BCUT2D eigenvalue weighted by Crippen LogP contribution is 2.36. The second kappa shape index (κ2) is 6.22. The van der Waals surface area contributed by atoms with Gasteiger partial charge < -0.3 is 10.0 Å². The number of Topliss-reactive ketones (excluding diaryl/α,β-unsaturated/α-hetero) is 1.